The number of piperazine rings is 2. The number of aromatic nitrogens is 6. The molecular formula is C48H56N12O8. The molecule has 68 heavy (non-hydrogen) atoms. The number of amides is 2. The predicted molar refractivity (Wildman–Crippen MR) is 251 cm³/mol. The molecule has 20 heteroatoms. The third-order valence-corrected chi connectivity index (χ3v) is 14.0. The number of aliphatic hydroxyl groups excluding tert-OH is 2. The van der Waals surface area contributed by atoms with Crippen LogP contribution < -0.4 is 29.9 Å². The Morgan fingerprint density at radius 1 is 0.632 bits per heavy atom. The molecular weight excluding hydrogens is 873 g/mol. The monoisotopic (exact) mass is 928 g/mol. The zero-order valence-electron chi connectivity index (χ0n) is 38.2. The summed E-state index contributed by atoms with van der Waals surface area (Å²) in [5.41, 5.74) is 5.77. The van der Waals surface area contributed by atoms with Gasteiger partial charge in [0.2, 0.25) is 0 Å². The molecule has 0 spiro atoms. The lowest BCUT2D eigenvalue weighted by Crippen LogP contribution is -2.56. The first-order valence-corrected chi connectivity index (χ1v) is 23.3. The number of hydrogen-bond donors (Lipinski definition) is 4. The largest absolute Gasteiger partial charge is 0.484 e. The highest BCUT2D eigenvalue weighted by Gasteiger charge is 2.38. The Labute approximate surface area is 392 Å². The van der Waals surface area contributed by atoms with Crippen molar-refractivity contribution in [3.8, 4) is 11.5 Å². The van der Waals surface area contributed by atoms with Gasteiger partial charge < -0.3 is 49.6 Å². The molecule has 0 unspecified atom stereocenters. The SMILES string of the molecule is C[C@@]1(CO)Cc2cc(NC(=O)c3cnn4cccnc34)c(N3CCN(C4COC4)CC3)cc2O1.C[C@]1(CO)Cc2cc(NC(=O)c3cnn4cccnc34)c(N3CCN(C4COC4)CC3)cc2O1. The van der Waals surface area contributed by atoms with Crippen LogP contribution in [-0.4, -0.2) is 176 Å². The molecule has 2 atom stereocenters. The maximum absolute atomic E-state index is 13.3. The van der Waals surface area contributed by atoms with Gasteiger partial charge in [-0.05, 0) is 38.1 Å². The van der Waals surface area contributed by atoms with Crippen LogP contribution in [0, 0.1) is 0 Å². The van der Waals surface area contributed by atoms with E-state index >= 15 is 0 Å². The molecule has 6 aliphatic heterocycles. The fraction of sp³-hybridized carbons (Fsp3) is 0.458. The summed E-state index contributed by atoms with van der Waals surface area (Å²) in [6.45, 7) is 14.0. The Hall–Kier alpha value is -6.42. The predicted octanol–water partition coefficient (Wildman–Crippen LogP) is 2.38. The minimum atomic E-state index is -0.655. The van der Waals surface area contributed by atoms with Gasteiger partial charge in [-0.25, -0.2) is 19.0 Å². The van der Waals surface area contributed by atoms with Gasteiger partial charge in [0.05, 0.1) is 86.9 Å². The van der Waals surface area contributed by atoms with Gasteiger partial charge in [-0.15, -0.1) is 0 Å². The van der Waals surface area contributed by atoms with Crippen molar-refractivity contribution in [2.45, 2.75) is 50.0 Å². The van der Waals surface area contributed by atoms with E-state index in [1.807, 2.05) is 38.1 Å². The zero-order chi connectivity index (χ0) is 46.6. The Bertz CT molecular complexity index is 2660. The summed E-state index contributed by atoms with van der Waals surface area (Å²) in [6.07, 6.45) is 11.1. The molecule has 0 aliphatic carbocycles. The number of nitrogens with zero attached hydrogens (tertiary/aromatic N) is 10. The fourth-order valence-corrected chi connectivity index (χ4v) is 9.88. The number of benzene rings is 2. The summed E-state index contributed by atoms with van der Waals surface area (Å²) < 4.78 is 26.1. The highest BCUT2D eigenvalue weighted by Crippen LogP contribution is 2.44. The molecule has 2 amide bonds. The molecule has 4 fully saturated rings. The lowest BCUT2D eigenvalue weighted by molar-refractivity contribution is -0.0660. The second-order valence-electron chi connectivity index (χ2n) is 19.0. The lowest BCUT2D eigenvalue weighted by atomic mass is 9.99. The molecule has 6 aromatic rings. The maximum atomic E-state index is 13.3. The van der Waals surface area contributed by atoms with Crippen molar-refractivity contribution in [3.05, 3.63) is 95.8 Å². The lowest BCUT2D eigenvalue weighted by Gasteiger charge is -2.43. The number of nitrogens with one attached hydrogen (secondary N) is 2. The summed E-state index contributed by atoms with van der Waals surface area (Å²) in [6, 6.07) is 12.5. The number of carbonyl (C=O) groups excluding carboxylic acids is 2. The van der Waals surface area contributed by atoms with Gasteiger partial charge >= 0.3 is 0 Å². The maximum Gasteiger partial charge on any atom is 0.261 e. The standard InChI is InChI=1S/2C24H28N6O4/c2*1-24(15-31)11-16-9-19(27-23(32)18-12-26-30-4-2-3-25-22(18)30)20(10-21(16)34-24)29-7-5-28(6-8-29)17-13-33-14-17/h2*2-4,9-10,12,17,31H,5-8,11,13-15H2,1H3,(H,27,32)/t2*24-/m10/s1. The van der Waals surface area contributed by atoms with Crippen LogP contribution in [0.4, 0.5) is 22.7 Å². The topological polar surface area (TPSA) is 209 Å². The third kappa shape index (κ3) is 8.45. The Morgan fingerprint density at radius 2 is 1.04 bits per heavy atom. The Kier molecular flexibility index (Phi) is 11.6. The van der Waals surface area contributed by atoms with E-state index in [0.29, 0.717) is 47.3 Å². The Morgan fingerprint density at radius 3 is 1.41 bits per heavy atom. The second kappa shape index (κ2) is 17.9. The Balaban J connectivity index is 0.000000149. The second-order valence-corrected chi connectivity index (χ2v) is 19.0. The van der Waals surface area contributed by atoms with Gasteiger partial charge in [-0.3, -0.25) is 19.4 Å². The molecule has 6 aliphatic rings. The first-order valence-electron chi connectivity index (χ1n) is 23.3. The van der Waals surface area contributed by atoms with Crippen LogP contribution in [0.25, 0.3) is 11.3 Å². The van der Waals surface area contributed by atoms with Gasteiger partial charge in [0.1, 0.15) is 33.8 Å². The average Bonchev–Trinajstić information content (AvgIpc) is 4.11. The molecule has 0 bridgehead atoms. The van der Waals surface area contributed by atoms with Crippen molar-refractivity contribution in [1.82, 2.24) is 39.0 Å². The van der Waals surface area contributed by atoms with Gasteiger partial charge in [-0.1, -0.05) is 0 Å². The number of fused-ring (bicyclic) bond motifs is 4. The number of ether oxygens (including phenoxy) is 4. The normalized spacial score (nSPS) is 22.9. The van der Waals surface area contributed by atoms with Crippen molar-refractivity contribution in [2.75, 3.05) is 112 Å². The molecule has 4 N–H and O–H groups in total. The van der Waals surface area contributed by atoms with Crippen LogP contribution in [0.15, 0.2) is 73.6 Å². The van der Waals surface area contributed by atoms with Crippen molar-refractivity contribution in [1.29, 1.82) is 0 Å². The van der Waals surface area contributed by atoms with Crippen LogP contribution in [0.3, 0.4) is 0 Å². The van der Waals surface area contributed by atoms with Crippen LogP contribution in [0.2, 0.25) is 0 Å². The summed E-state index contributed by atoms with van der Waals surface area (Å²) in [4.78, 5) is 44.7. The van der Waals surface area contributed by atoms with Gasteiger partial charge in [0.15, 0.2) is 11.3 Å². The summed E-state index contributed by atoms with van der Waals surface area (Å²) in [5.74, 6) is 1.00. The fourth-order valence-electron chi connectivity index (χ4n) is 9.88. The number of carbonyl (C=O) groups is 2. The highest BCUT2D eigenvalue weighted by molar-refractivity contribution is 6.10. The quantitative estimate of drug-likeness (QED) is 0.156. The minimum absolute atomic E-state index is 0.0745. The van der Waals surface area contributed by atoms with Crippen molar-refractivity contribution < 1.29 is 38.7 Å². The molecule has 4 aromatic heterocycles. The van der Waals surface area contributed by atoms with Crippen LogP contribution in [0.1, 0.15) is 45.7 Å². The van der Waals surface area contributed by atoms with Crippen LogP contribution >= 0.6 is 0 Å². The number of hydrogen-bond acceptors (Lipinski definition) is 16. The van der Waals surface area contributed by atoms with E-state index in [0.717, 1.165) is 124 Å². The van der Waals surface area contributed by atoms with Crippen molar-refractivity contribution in [2.24, 2.45) is 0 Å². The zero-order valence-corrected chi connectivity index (χ0v) is 38.2. The van der Waals surface area contributed by atoms with E-state index in [1.165, 1.54) is 12.4 Å². The van der Waals surface area contributed by atoms with E-state index in [4.69, 9.17) is 18.9 Å². The van der Waals surface area contributed by atoms with E-state index < -0.39 is 11.2 Å². The minimum Gasteiger partial charge on any atom is -0.484 e. The average molecular weight is 929 g/mol. The van der Waals surface area contributed by atoms with E-state index in [-0.39, 0.29) is 25.0 Å². The first kappa shape index (κ1) is 44.1. The summed E-state index contributed by atoms with van der Waals surface area (Å²) in [5, 5.41) is 34.4. The van der Waals surface area contributed by atoms with Crippen molar-refractivity contribution in [3.63, 3.8) is 0 Å². The number of rotatable bonds is 10. The summed E-state index contributed by atoms with van der Waals surface area (Å²) >= 11 is 0. The molecule has 0 saturated carbocycles. The van der Waals surface area contributed by atoms with E-state index in [1.54, 1.807) is 46.0 Å². The van der Waals surface area contributed by atoms with E-state index in [9.17, 15) is 19.8 Å². The third-order valence-electron chi connectivity index (χ3n) is 14.0. The molecule has 2 aromatic carbocycles. The molecule has 4 saturated heterocycles. The molecule has 0 radical (unpaired) electrons. The van der Waals surface area contributed by atoms with Crippen LogP contribution in [0.5, 0.6) is 11.5 Å². The number of anilines is 4. The molecule has 12 rings (SSSR count). The van der Waals surface area contributed by atoms with Crippen molar-refractivity contribution >= 4 is 45.9 Å². The molecule has 20 nitrogen and oxygen atoms in total. The van der Waals surface area contributed by atoms with Gasteiger partial charge in [0, 0.05) is 113 Å². The van der Waals surface area contributed by atoms with Gasteiger partial charge in [0.25, 0.3) is 11.8 Å². The molecule has 356 valence electrons. The first-order chi connectivity index (χ1) is 33.1. The van der Waals surface area contributed by atoms with E-state index in [2.05, 4.69) is 50.4 Å². The molecule has 10 heterocycles. The number of aliphatic hydroxyl groups is 2. The van der Waals surface area contributed by atoms with Crippen LogP contribution in [-0.2, 0) is 22.3 Å². The highest BCUT2D eigenvalue weighted by atomic mass is 16.5. The smallest absolute Gasteiger partial charge is 0.261 e. The summed E-state index contributed by atoms with van der Waals surface area (Å²) in [7, 11) is 0. The van der Waals surface area contributed by atoms with Gasteiger partial charge in [-0.2, -0.15) is 10.2 Å².